The van der Waals surface area contributed by atoms with Crippen molar-refractivity contribution in [3.05, 3.63) is 35.8 Å². The normalized spacial score (nSPS) is 16.4. The Morgan fingerprint density at radius 2 is 2.08 bits per heavy atom. The number of imidazole rings is 1. The number of amides is 1. The number of halogens is 2. The number of Topliss-reactive ketones (excluding diaryl/α,β-unsaturated/α-hetero) is 1. The van der Waals surface area contributed by atoms with E-state index >= 15 is 0 Å². The molecular formula is C16H13F2N5O3. The quantitative estimate of drug-likeness (QED) is 0.767. The standard InChI is InChI=1S/C16H13F2N5O3/c1-7-14(25)13-15(22(7)2)19-6-23(13)5-12(24)21-16-20-10-3-8(17)9(18)4-11(10)26-16/h3-4,6-7H,5H2,1-2H3,(H,20,21,24). The molecule has 1 N–H and O–H groups in total. The monoisotopic (exact) mass is 361 g/mol. The number of aromatic nitrogens is 3. The maximum absolute atomic E-state index is 13.2. The fourth-order valence-electron chi connectivity index (χ4n) is 2.85. The maximum atomic E-state index is 13.2. The van der Waals surface area contributed by atoms with Crippen molar-refractivity contribution in [2.24, 2.45) is 0 Å². The molecule has 0 spiro atoms. The Kier molecular flexibility index (Phi) is 3.49. The molecule has 1 atom stereocenters. The minimum absolute atomic E-state index is 0.00773. The van der Waals surface area contributed by atoms with Gasteiger partial charge in [0, 0.05) is 19.2 Å². The van der Waals surface area contributed by atoms with Gasteiger partial charge in [-0.15, -0.1) is 0 Å². The van der Waals surface area contributed by atoms with E-state index in [1.54, 1.807) is 18.9 Å². The van der Waals surface area contributed by atoms with E-state index in [9.17, 15) is 18.4 Å². The number of hydrogen-bond acceptors (Lipinski definition) is 6. The molecule has 1 amide bonds. The molecule has 3 aromatic rings. The minimum Gasteiger partial charge on any atom is -0.423 e. The van der Waals surface area contributed by atoms with Crippen molar-refractivity contribution in [2.45, 2.75) is 19.5 Å². The average Bonchev–Trinajstić information content (AvgIpc) is 3.21. The molecule has 0 radical (unpaired) electrons. The summed E-state index contributed by atoms with van der Waals surface area (Å²) in [5, 5.41) is 2.40. The van der Waals surface area contributed by atoms with Gasteiger partial charge in [-0.3, -0.25) is 14.9 Å². The number of rotatable bonds is 3. The van der Waals surface area contributed by atoms with Crippen molar-refractivity contribution in [1.29, 1.82) is 0 Å². The highest BCUT2D eigenvalue weighted by Crippen LogP contribution is 2.29. The highest BCUT2D eigenvalue weighted by Gasteiger charge is 2.36. The Hall–Kier alpha value is -3.30. The summed E-state index contributed by atoms with van der Waals surface area (Å²) in [5.41, 5.74) is 0.443. The summed E-state index contributed by atoms with van der Waals surface area (Å²) in [5.74, 6) is -2.26. The van der Waals surface area contributed by atoms with Gasteiger partial charge in [0.25, 0.3) is 0 Å². The van der Waals surface area contributed by atoms with Gasteiger partial charge in [-0.1, -0.05) is 0 Å². The largest absolute Gasteiger partial charge is 0.423 e. The summed E-state index contributed by atoms with van der Waals surface area (Å²) in [6.45, 7) is 1.57. The van der Waals surface area contributed by atoms with Gasteiger partial charge in [0.05, 0.1) is 12.4 Å². The maximum Gasteiger partial charge on any atom is 0.302 e. The number of ketones is 1. The molecule has 0 saturated heterocycles. The SMILES string of the molecule is CC1C(=O)c2c(ncn2CC(=O)Nc2nc3cc(F)c(F)cc3o2)N1C. The Balaban J connectivity index is 1.54. The predicted molar refractivity (Wildman–Crippen MR) is 87.0 cm³/mol. The Morgan fingerprint density at radius 3 is 2.85 bits per heavy atom. The van der Waals surface area contributed by atoms with E-state index in [0.29, 0.717) is 11.5 Å². The number of anilines is 2. The molecule has 134 valence electrons. The molecule has 1 unspecified atom stereocenters. The van der Waals surface area contributed by atoms with Crippen LogP contribution in [0.2, 0.25) is 0 Å². The van der Waals surface area contributed by atoms with Crippen LogP contribution in [0, 0.1) is 11.6 Å². The first kappa shape index (κ1) is 16.2. The lowest BCUT2D eigenvalue weighted by Gasteiger charge is -2.14. The van der Waals surface area contributed by atoms with E-state index in [2.05, 4.69) is 15.3 Å². The molecule has 10 heteroatoms. The highest BCUT2D eigenvalue weighted by atomic mass is 19.2. The van der Waals surface area contributed by atoms with Crippen molar-refractivity contribution in [3.63, 3.8) is 0 Å². The molecule has 26 heavy (non-hydrogen) atoms. The van der Waals surface area contributed by atoms with E-state index in [-0.39, 0.29) is 35.5 Å². The highest BCUT2D eigenvalue weighted by molar-refractivity contribution is 6.08. The van der Waals surface area contributed by atoms with Crippen LogP contribution in [-0.2, 0) is 11.3 Å². The van der Waals surface area contributed by atoms with Crippen molar-refractivity contribution in [2.75, 3.05) is 17.3 Å². The molecule has 0 saturated carbocycles. The molecule has 2 aromatic heterocycles. The Labute approximate surface area is 145 Å². The Bertz CT molecular complexity index is 1020. The third kappa shape index (κ3) is 2.41. The van der Waals surface area contributed by atoms with Crippen molar-refractivity contribution < 1.29 is 22.8 Å². The number of nitrogens with zero attached hydrogens (tertiary/aromatic N) is 4. The number of likely N-dealkylation sites (N-methyl/N-ethyl adjacent to an activating group) is 1. The van der Waals surface area contributed by atoms with E-state index in [1.807, 2.05) is 0 Å². The zero-order valence-electron chi connectivity index (χ0n) is 13.8. The molecule has 0 aliphatic carbocycles. The molecule has 0 fully saturated rings. The molecule has 1 aliphatic heterocycles. The van der Waals surface area contributed by atoms with Crippen LogP contribution in [0.15, 0.2) is 22.9 Å². The fraction of sp³-hybridized carbons (Fsp3) is 0.250. The summed E-state index contributed by atoms with van der Waals surface area (Å²) in [6, 6.07) is 1.20. The summed E-state index contributed by atoms with van der Waals surface area (Å²) in [6.07, 6.45) is 1.40. The van der Waals surface area contributed by atoms with Crippen LogP contribution >= 0.6 is 0 Å². The van der Waals surface area contributed by atoms with Crippen LogP contribution in [-0.4, -0.2) is 39.3 Å². The van der Waals surface area contributed by atoms with Crippen LogP contribution in [0.25, 0.3) is 11.1 Å². The lowest BCUT2D eigenvalue weighted by molar-refractivity contribution is -0.116. The lowest BCUT2D eigenvalue weighted by Crippen LogP contribution is -2.29. The third-order valence-electron chi connectivity index (χ3n) is 4.34. The molecule has 1 aromatic carbocycles. The molecule has 3 heterocycles. The number of benzene rings is 1. The minimum atomic E-state index is -1.07. The van der Waals surface area contributed by atoms with Gasteiger partial charge < -0.3 is 13.9 Å². The second kappa shape index (κ2) is 5.61. The van der Waals surface area contributed by atoms with Gasteiger partial charge in [-0.05, 0) is 6.92 Å². The molecule has 0 bridgehead atoms. The van der Waals surface area contributed by atoms with Crippen LogP contribution < -0.4 is 10.2 Å². The summed E-state index contributed by atoms with van der Waals surface area (Å²) in [7, 11) is 1.75. The lowest BCUT2D eigenvalue weighted by atomic mass is 10.2. The van der Waals surface area contributed by atoms with Crippen molar-refractivity contribution >= 4 is 34.6 Å². The van der Waals surface area contributed by atoms with Crippen molar-refractivity contribution in [3.8, 4) is 0 Å². The van der Waals surface area contributed by atoms with Crippen LogP contribution in [0.3, 0.4) is 0 Å². The molecule has 4 rings (SSSR count). The van der Waals surface area contributed by atoms with Crippen LogP contribution in [0.5, 0.6) is 0 Å². The third-order valence-corrected chi connectivity index (χ3v) is 4.34. The summed E-state index contributed by atoms with van der Waals surface area (Å²) < 4.78 is 33.0. The first-order valence-corrected chi connectivity index (χ1v) is 7.72. The van der Waals surface area contributed by atoms with Gasteiger partial charge in [-0.2, -0.15) is 4.98 Å². The second-order valence-corrected chi connectivity index (χ2v) is 6.00. The first-order chi connectivity index (χ1) is 12.3. The van der Waals surface area contributed by atoms with Gasteiger partial charge in [0.15, 0.2) is 23.0 Å². The van der Waals surface area contributed by atoms with E-state index in [4.69, 9.17) is 4.42 Å². The molecular weight excluding hydrogens is 348 g/mol. The smallest absolute Gasteiger partial charge is 0.302 e. The number of fused-ring (bicyclic) bond motifs is 2. The molecule has 1 aliphatic rings. The van der Waals surface area contributed by atoms with Gasteiger partial charge in [0.1, 0.15) is 17.8 Å². The Morgan fingerprint density at radius 1 is 1.35 bits per heavy atom. The van der Waals surface area contributed by atoms with Gasteiger partial charge in [0.2, 0.25) is 11.7 Å². The second-order valence-electron chi connectivity index (χ2n) is 6.00. The topological polar surface area (TPSA) is 93.3 Å². The number of hydrogen-bond donors (Lipinski definition) is 1. The fourth-order valence-corrected chi connectivity index (χ4v) is 2.85. The first-order valence-electron chi connectivity index (χ1n) is 7.72. The number of carbonyl (C=O) groups is 2. The molecule has 8 nitrogen and oxygen atoms in total. The summed E-state index contributed by atoms with van der Waals surface area (Å²) in [4.78, 5) is 34.3. The van der Waals surface area contributed by atoms with Gasteiger partial charge >= 0.3 is 6.01 Å². The van der Waals surface area contributed by atoms with Crippen molar-refractivity contribution in [1.82, 2.24) is 14.5 Å². The van der Waals surface area contributed by atoms with E-state index < -0.39 is 17.5 Å². The number of oxazole rings is 1. The predicted octanol–water partition coefficient (Wildman–Crippen LogP) is 1.96. The zero-order chi connectivity index (χ0) is 18.6. The van der Waals surface area contributed by atoms with Crippen LogP contribution in [0.1, 0.15) is 17.4 Å². The van der Waals surface area contributed by atoms with Gasteiger partial charge in [-0.25, -0.2) is 13.8 Å². The van der Waals surface area contributed by atoms with E-state index in [1.165, 1.54) is 10.9 Å². The van der Waals surface area contributed by atoms with Crippen LogP contribution in [0.4, 0.5) is 20.6 Å². The number of carbonyl (C=O) groups excluding carboxylic acids is 2. The summed E-state index contributed by atoms with van der Waals surface area (Å²) >= 11 is 0. The van der Waals surface area contributed by atoms with E-state index in [0.717, 1.165) is 12.1 Å². The average molecular weight is 361 g/mol. The zero-order valence-corrected chi connectivity index (χ0v) is 13.8. The number of nitrogens with one attached hydrogen (secondary N) is 1.